The van der Waals surface area contributed by atoms with Crippen molar-refractivity contribution in [2.24, 2.45) is 10.8 Å². The molecule has 40 heavy (non-hydrogen) atoms. The van der Waals surface area contributed by atoms with Crippen molar-refractivity contribution in [3.8, 4) is 0 Å². The van der Waals surface area contributed by atoms with E-state index in [4.69, 9.17) is 0 Å². The lowest BCUT2D eigenvalue weighted by atomic mass is 9.71. The quantitative estimate of drug-likeness (QED) is 0.131. The molecule has 0 saturated carbocycles. The van der Waals surface area contributed by atoms with Crippen LogP contribution in [0.2, 0.25) is 0 Å². The van der Waals surface area contributed by atoms with Gasteiger partial charge in [0.2, 0.25) is 0 Å². The summed E-state index contributed by atoms with van der Waals surface area (Å²) in [7, 11) is 0. The molecule has 0 aromatic heterocycles. The Labute approximate surface area is 249 Å². The molecule has 220 valence electrons. The highest BCUT2D eigenvalue weighted by Gasteiger charge is 2.28. The monoisotopic (exact) mass is 540 g/mol. The summed E-state index contributed by atoms with van der Waals surface area (Å²) < 4.78 is 0. The van der Waals surface area contributed by atoms with Crippen LogP contribution in [-0.4, -0.2) is 0 Å². The van der Waals surface area contributed by atoms with Gasteiger partial charge < -0.3 is 0 Å². The maximum absolute atomic E-state index is 2.43. The van der Waals surface area contributed by atoms with Crippen molar-refractivity contribution < 1.29 is 0 Å². The summed E-state index contributed by atoms with van der Waals surface area (Å²) in [5.41, 5.74) is 12.6. The maximum atomic E-state index is 2.43. The average molecular weight is 541 g/mol. The molecule has 2 aliphatic carbocycles. The first-order valence-electron chi connectivity index (χ1n) is 15.9. The molecule has 0 aromatic rings. The van der Waals surface area contributed by atoms with E-state index in [1.165, 1.54) is 79.2 Å². The standard InChI is InChI=1S/C40H60/c1-31(19-13-21-33(3)25-27-37-35(5)23-15-29-39(37,7)8)17-11-12-18-32(2)20-14-22-34(4)26-28-38-36(6)24-16-30-40(38,9)10/h13-14,17-22,25,27H,11-12,15-16,23-24,26,28-30H2,1-10H3/b19-13+,20-14+,27-25+,31-17+,32-18+,33-21+,34-22+. The second kappa shape index (κ2) is 16.2. The Bertz CT molecular complexity index is 1120. The molecule has 0 heteroatoms. The zero-order chi connectivity index (χ0) is 29.8. The van der Waals surface area contributed by atoms with Gasteiger partial charge in [0.15, 0.2) is 0 Å². The lowest BCUT2D eigenvalue weighted by Gasteiger charge is -2.34. The predicted octanol–water partition coefficient (Wildman–Crippen LogP) is 13.1. The molecule has 0 aliphatic heterocycles. The second-order valence-electron chi connectivity index (χ2n) is 13.9. The van der Waals surface area contributed by atoms with Crippen LogP contribution in [0.4, 0.5) is 0 Å². The summed E-state index contributed by atoms with van der Waals surface area (Å²) in [4.78, 5) is 0. The van der Waals surface area contributed by atoms with Gasteiger partial charge >= 0.3 is 0 Å². The van der Waals surface area contributed by atoms with E-state index in [0.717, 1.165) is 12.8 Å². The molecule has 0 aromatic carbocycles. The van der Waals surface area contributed by atoms with Gasteiger partial charge in [-0.05, 0) is 122 Å². The molecule has 0 nitrogen and oxygen atoms in total. The zero-order valence-electron chi connectivity index (χ0n) is 27.8. The SMILES string of the molecule is CC1=C(/C=C/C(C)=C/C=C/C(C)=C/CC/C=C(C)/C=C/C=C(\C)CCC2=C(C)CCCC2(C)C)C(C)(C)CCC1. The van der Waals surface area contributed by atoms with Crippen molar-refractivity contribution in [2.45, 2.75) is 133 Å². The minimum Gasteiger partial charge on any atom is -0.0813 e. The molecular formula is C40H60. The highest BCUT2D eigenvalue weighted by atomic mass is 14.3. The summed E-state index contributed by atoms with van der Waals surface area (Å²) in [6.07, 6.45) is 35.1. The van der Waals surface area contributed by atoms with Crippen molar-refractivity contribution in [1.29, 1.82) is 0 Å². The molecule has 0 radical (unpaired) electrons. The number of allylic oxidation sites excluding steroid dienone is 18. The maximum Gasteiger partial charge on any atom is -0.0104 e. The first-order valence-corrected chi connectivity index (χ1v) is 15.9. The van der Waals surface area contributed by atoms with Gasteiger partial charge in [0.25, 0.3) is 0 Å². The van der Waals surface area contributed by atoms with Crippen molar-refractivity contribution in [2.75, 3.05) is 0 Å². The largest absolute Gasteiger partial charge is 0.0813 e. The average Bonchev–Trinajstić information content (AvgIpc) is 2.85. The van der Waals surface area contributed by atoms with E-state index in [-0.39, 0.29) is 0 Å². The minimum absolute atomic E-state index is 0.301. The van der Waals surface area contributed by atoms with Crippen LogP contribution in [0.5, 0.6) is 0 Å². The van der Waals surface area contributed by atoms with Crippen LogP contribution in [0.15, 0.2) is 105 Å². The summed E-state index contributed by atoms with van der Waals surface area (Å²) in [5, 5.41) is 0. The fraction of sp³-hybridized carbons (Fsp3) is 0.550. The van der Waals surface area contributed by atoms with Gasteiger partial charge in [0.1, 0.15) is 0 Å². The van der Waals surface area contributed by atoms with Crippen LogP contribution in [0, 0.1) is 10.8 Å². The number of hydrogen-bond acceptors (Lipinski definition) is 0. The Morgan fingerprint density at radius 2 is 1.23 bits per heavy atom. The Balaban J connectivity index is 1.78. The first-order chi connectivity index (χ1) is 18.8. The molecule has 0 atom stereocenters. The van der Waals surface area contributed by atoms with E-state index in [0.29, 0.717) is 10.8 Å². The summed E-state index contributed by atoms with van der Waals surface area (Å²) >= 11 is 0. The van der Waals surface area contributed by atoms with Gasteiger partial charge in [-0.15, -0.1) is 0 Å². The smallest absolute Gasteiger partial charge is 0.0104 e. The lowest BCUT2D eigenvalue weighted by molar-refractivity contribution is 0.354. The highest BCUT2D eigenvalue weighted by molar-refractivity contribution is 5.37. The van der Waals surface area contributed by atoms with Crippen LogP contribution in [-0.2, 0) is 0 Å². The van der Waals surface area contributed by atoms with Crippen LogP contribution < -0.4 is 0 Å². The summed E-state index contributed by atoms with van der Waals surface area (Å²) in [6, 6.07) is 0. The predicted molar refractivity (Wildman–Crippen MR) is 182 cm³/mol. The van der Waals surface area contributed by atoms with Gasteiger partial charge in [-0.25, -0.2) is 0 Å². The molecule has 2 rings (SSSR count). The van der Waals surface area contributed by atoms with Crippen molar-refractivity contribution in [3.63, 3.8) is 0 Å². The molecule has 0 N–H and O–H groups in total. The molecule has 2 aliphatic rings. The number of rotatable bonds is 12. The number of unbranched alkanes of at least 4 members (excludes halogenated alkanes) is 1. The Kier molecular flexibility index (Phi) is 13.7. The number of hydrogen-bond donors (Lipinski definition) is 0. The van der Waals surface area contributed by atoms with Crippen LogP contribution >= 0.6 is 0 Å². The van der Waals surface area contributed by atoms with Crippen LogP contribution in [0.3, 0.4) is 0 Å². The highest BCUT2D eigenvalue weighted by Crippen LogP contribution is 2.43. The van der Waals surface area contributed by atoms with Crippen molar-refractivity contribution in [1.82, 2.24) is 0 Å². The molecule has 0 spiro atoms. The second-order valence-corrected chi connectivity index (χ2v) is 13.9. The van der Waals surface area contributed by atoms with Crippen molar-refractivity contribution >= 4 is 0 Å². The lowest BCUT2D eigenvalue weighted by Crippen LogP contribution is -2.20. The first kappa shape index (κ1) is 33.9. The van der Waals surface area contributed by atoms with Crippen LogP contribution in [0.25, 0.3) is 0 Å². The molecule has 0 unspecified atom stereocenters. The van der Waals surface area contributed by atoms with Crippen LogP contribution in [0.1, 0.15) is 133 Å². The molecule has 0 fully saturated rings. The molecule has 0 amide bonds. The molecular weight excluding hydrogens is 480 g/mol. The summed E-state index contributed by atoms with van der Waals surface area (Å²) in [5.74, 6) is 0. The zero-order valence-corrected chi connectivity index (χ0v) is 27.8. The summed E-state index contributed by atoms with van der Waals surface area (Å²) in [6.45, 7) is 23.2. The third-order valence-electron chi connectivity index (χ3n) is 9.07. The van der Waals surface area contributed by atoms with Crippen molar-refractivity contribution in [3.05, 3.63) is 105 Å². The van der Waals surface area contributed by atoms with Gasteiger partial charge in [0.05, 0.1) is 0 Å². The van der Waals surface area contributed by atoms with Gasteiger partial charge in [-0.2, -0.15) is 0 Å². The normalized spacial score (nSPS) is 21.6. The Morgan fingerprint density at radius 1 is 0.675 bits per heavy atom. The van der Waals surface area contributed by atoms with E-state index in [1.54, 1.807) is 16.7 Å². The van der Waals surface area contributed by atoms with Gasteiger partial charge in [-0.1, -0.05) is 127 Å². The fourth-order valence-electron chi connectivity index (χ4n) is 6.39. The fourth-order valence-corrected chi connectivity index (χ4v) is 6.39. The third kappa shape index (κ3) is 11.6. The van der Waals surface area contributed by atoms with E-state index in [9.17, 15) is 0 Å². The van der Waals surface area contributed by atoms with E-state index < -0.39 is 0 Å². The van der Waals surface area contributed by atoms with Gasteiger partial charge in [-0.3, -0.25) is 0 Å². The van der Waals surface area contributed by atoms with E-state index in [1.807, 2.05) is 0 Å². The molecule has 0 saturated heterocycles. The molecule has 0 bridgehead atoms. The van der Waals surface area contributed by atoms with E-state index in [2.05, 4.69) is 130 Å². The minimum atomic E-state index is 0.301. The Morgan fingerprint density at radius 3 is 1.80 bits per heavy atom. The topological polar surface area (TPSA) is 0 Å². The van der Waals surface area contributed by atoms with Gasteiger partial charge in [0, 0.05) is 0 Å². The Hall–Kier alpha value is -2.34. The van der Waals surface area contributed by atoms with E-state index >= 15 is 0 Å². The third-order valence-corrected chi connectivity index (χ3v) is 9.07. The molecule has 0 heterocycles.